The Bertz CT molecular complexity index is 3100. The lowest BCUT2D eigenvalue weighted by Gasteiger charge is -2.26. The Hall–Kier alpha value is -7.62. The molecule has 0 aliphatic rings. The summed E-state index contributed by atoms with van der Waals surface area (Å²) in [6.45, 7) is 4.00. The molecular weight excluding hydrogens is 715 g/mol. The predicted molar refractivity (Wildman–Crippen MR) is 252 cm³/mol. The predicted octanol–water partition coefficient (Wildman–Crippen LogP) is 15.7. The van der Waals surface area contributed by atoms with Gasteiger partial charge in [0.25, 0.3) is 0 Å². The molecule has 0 aliphatic carbocycles. The van der Waals surface area contributed by atoms with Crippen molar-refractivity contribution < 1.29 is 0 Å². The van der Waals surface area contributed by atoms with Gasteiger partial charge in [0.2, 0.25) is 0 Å². The zero-order valence-electron chi connectivity index (χ0n) is 33.2. The van der Waals surface area contributed by atoms with Gasteiger partial charge in [-0.15, -0.1) is 0 Å². The lowest BCUT2D eigenvalue weighted by atomic mass is 10.0. The standard InChI is InChI=1S/C54H37N3.C2H6/c1-4-14-38(15-5-1)40-24-28-43(29-25-40)55(44-30-26-41(27-31-44)39-16-6-2-7-17-39)45-32-34-46(35-33-45)57-50-22-12-10-20-47(50)48-36-37-52-53(54(48)57)49-21-11-13-23-51(49)56(52)42-18-8-3-9-19-42;1-2/h1-37H;1-2H3. The smallest absolute Gasteiger partial charge is 0.0641 e. The van der Waals surface area contributed by atoms with Gasteiger partial charge in [-0.25, -0.2) is 0 Å². The summed E-state index contributed by atoms with van der Waals surface area (Å²) in [4.78, 5) is 2.35. The first-order chi connectivity index (χ1) is 29.3. The fraction of sp³-hybridized carbons (Fsp3) is 0.0357. The first kappa shape index (κ1) is 35.8. The molecule has 3 nitrogen and oxygen atoms in total. The number of nitrogens with zero attached hydrogens (tertiary/aromatic N) is 3. The molecule has 0 aliphatic heterocycles. The highest BCUT2D eigenvalue weighted by Gasteiger charge is 2.21. The second kappa shape index (κ2) is 15.4. The van der Waals surface area contributed by atoms with Crippen molar-refractivity contribution in [3.8, 4) is 33.6 Å². The normalized spacial score (nSPS) is 11.2. The van der Waals surface area contributed by atoms with Crippen LogP contribution in [0.15, 0.2) is 224 Å². The van der Waals surface area contributed by atoms with Gasteiger partial charge in [0, 0.05) is 50.0 Å². The van der Waals surface area contributed by atoms with E-state index < -0.39 is 0 Å². The van der Waals surface area contributed by atoms with Crippen LogP contribution < -0.4 is 4.90 Å². The van der Waals surface area contributed by atoms with Gasteiger partial charge in [-0.1, -0.05) is 159 Å². The monoisotopic (exact) mass is 757 g/mol. The quantitative estimate of drug-likeness (QED) is 0.158. The first-order valence-corrected chi connectivity index (χ1v) is 20.5. The Kier molecular flexibility index (Phi) is 9.32. The minimum absolute atomic E-state index is 1.09. The van der Waals surface area contributed by atoms with Gasteiger partial charge >= 0.3 is 0 Å². The molecule has 2 heterocycles. The highest BCUT2D eigenvalue weighted by molar-refractivity contribution is 6.26. The van der Waals surface area contributed by atoms with E-state index in [1.807, 2.05) is 13.8 Å². The SMILES string of the molecule is CC.c1ccc(-c2ccc(N(c3ccc(-c4ccccc4)cc3)c3ccc(-n4c5ccccc5c5ccc6c(c7ccccc7n6-c6ccccc6)c54)cc3)cc2)cc1. The van der Waals surface area contributed by atoms with Crippen LogP contribution in [0.25, 0.3) is 77.2 Å². The lowest BCUT2D eigenvalue weighted by Crippen LogP contribution is -2.10. The number of anilines is 3. The molecule has 0 saturated heterocycles. The van der Waals surface area contributed by atoms with Gasteiger partial charge in [-0.3, -0.25) is 0 Å². The van der Waals surface area contributed by atoms with E-state index in [0.717, 1.165) is 28.4 Å². The summed E-state index contributed by atoms with van der Waals surface area (Å²) in [7, 11) is 0. The molecule has 282 valence electrons. The first-order valence-electron chi connectivity index (χ1n) is 20.5. The van der Waals surface area contributed by atoms with Gasteiger partial charge in [0.1, 0.15) is 0 Å². The second-order valence-electron chi connectivity index (χ2n) is 14.6. The van der Waals surface area contributed by atoms with Gasteiger partial charge in [0.05, 0.1) is 22.1 Å². The molecular formula is C56H43N3. The minimum atomic E-state index is 1.09. The van der Waals surface area contributed by atoms with E-state index in [0.29, 0.717) is 0 Å². The maximum Gasteiger partial charge on any atom is 0.0641 e. The lowest BCUT2D eigenvalue weighted by molar-refractivity contribution is 1.17. The number of aromatic nitrogens is 2. The van der Waals surface area contributed by atoms with E-state index in [2.05, 4.69) is 238 Å². The molecule has 0 spiro atoms. The van der Waals surface area contributed by atoms with Crippen molar-refractivity contribution in [2.75, 3.05) is 4.90 Å². The molecule has 11 rings (SSSR count). The molecule has 2 aromatic heterocycles. The summed E-state index contributed by atoms with van der Waals surface area (Å²) < 4.78 is 4.87. The zero-order valence-corrected chi connectivity index (χ0v) is 33.2. The molecule has 0 fully saturated rings. The van der Waals surface area contributed by atoms with Crippen LogP contribution in [0.2, 0.25) is 0 Å². The van der Waals surface area contributed by atoms with Crippen LogP contribution in [0.4, 0.5) is 17.1 Å². The second-order valence-corrected chi connectivity index (χ2v) is 14.6. The summed E-state index contributed by atoms with van der Waals surface area (Å²) in [5.74, 6) is 0. The Balaban J connectivity index is 0.00000207. The van der Waals surface area contributed by atoms with Crippen molar-refractivity contribution in [1.82, 2.24) is 9.13 Å². The molecule has 0 N–H and O–H groups in total. The summed E-state index contributed by atoms with van der Waals surface area (Å²) >= 11 is 0. The molecule has 3 heteroatoms. The van der Waals surface area contributed by atoms with Crippen molar-refractivity contribution in [1.29, 1.82) is 0 Å². The molecule has 0 unspecified atom stereocenters. The molecule has 0 saturated carbocycles. The van der Waals surface area contributed by atoms with E-state index in [9.17, 15) is 0 Å². The highest BCUT2D eigenvalue weighted by atomic mass is 15.1. The van der Waals surface area contributed by atoms with Crippen LogP contribution in [0.5, 0.6) is 0 Å². The molecule has 0 atom stereocenters. The molecule has 11 aromatic rings. The fourth-order valence-corrected chi connectivity index (χ4v) is 8.70. The van der Waals surface area contributed by atoms with Gasteiger partial charge in [-0.2, -0.15) is 0 Å². The van der Waals surface area contributed by atoms with Crippen molar-refractivity contribution in [2.45, 2.75) is 13.8 Å². The van der Waals surface area contributed by atoms with Gasteiger partial charge < -0.3 is 14.0 Å². The largest absolute Gasteiger partial charge is 0.311 e. The Morgan fingerprint density at radius 1 is 0.288 bits per heavy atom. The van der Waals surface area contributed by atoms with Gasteiger partial charge in [0.15, 0.2) is 0 Å². The van der Waals surface area contributed by atoms with Crippen molar-refractivity contribution in [3.05, 3.63) is 224 Å². The van der Waals surface area contributed by atoms with Crippen LogP contribution in [-0.2, 0) is 0 Å². The number of hydrogen-bond donors (Lipinski definition) is 0. The zero-order chi connectivity index (χ0) is 39.7. The van der Waals surface area contributed by atoms with E-state index in [4.69, 9.17) is 0 Å². The maximum absolute atomic E-state index is 2.46. The van der Waals surface area contributed by atoms with Gasteiger partial charge in [-0.05, 0) is 101 Å². The third-order valence-electron chi connectivity index (χ3n) is 11.3. The number of hydrogen-bond acceptors (Lipinski definition) is 1. The Morgan fingerprint density at radius 2 is 0.695 bits per heavy atom. The number of para-hydroxylation sites is 3. The molecule has 0 amide bonds. The summed E-state index contributed by atoms with van der Waals surface area (Å²) in [6.07, 6.45) is 0. The van der Waals surface area contributed by atoms with Crippen LogP contribution in [0.3, 0.4) is 0 Å². The van der Waals surface area contributed by atoms with E-state index in [1.54, 1.807) is 0 Å². The average Bonchev–Trinajstić information content (AvgIpc) is 3.84. The van der Waals surface area contributed by atoms with Crippen LogP contribution in [-0.4, -0.2) is 9.13 Å². The molecule has 0 radical (unpaired) electrons. The topological polar surface area (TPSA) is 13.1 Å². The van der Waals surface area contributed by atoms with Crippen molar-refractivity contribution >= 4 is 60.7 Å². The summed E-state index contributed by atoms with van der Waals surface area (Å²) in [5.41, 5.74) is 15.2. The average molecular weight is 758 g/mol. The summed E-state index contributed by atoms with van der Waals surface area (Å²) in [6, 6.07) is 81.0. The van der Waals surface area contributed by atoms with E-state index in [1.165, 1.54) is 65.9 Å². The Labute approximate surface area is 345 Å². The molecule has 0 bridgehead atoms. The van der Waals surface area contributed by atoms with E-state index >= 15 is 0 Å². The molecule has 9 aromatic carbocycles. The van der Waals surface area contributed by atoms with Crippen molar-refractivity contribution in [3.63, 3.8) is 0 Å². The number of benzene rings is 9. The highest BCUT2D eigenvalue weighted by Crippen LogP contribution is 2.43. The minimum Gasteiger partial charge on any atom is -0.311 e. The summed E-state index contributed by atoms with van der Waals surface area (Å²) in [5, 5.41) is 4.99. The third-order valence-corrected chi connectivity index (χ3v) is 11.3. The number of rotatable bonds is 7. The maximum atomic E-state index is 2.46. The van der Waals surface area contributed by atoms with Crippen LogP contribution >= 0.6 is 0 Å². The number of fused-ring (bicyclic) bond motifs is 7. The Morgan fingerprint density at radius 3 is 1.24 bits per heavy atom. The molecule has 59 heavy (non-hydrogen) atoms. The van der Waals surface area contributed by atoms with Crippen molar-refractivity contribution in [2.24, 2.45) is 0 Å². The van der Waals surface area contributed by atoms with Crippen LogP contribution in [0, 0.1) is 0 Å². The van der Waals surface area contributed by atoms with E-state index in [-0.39, 0.29) is 0 Å². The van der Waals surface area contributed by atoms with Crippen LogP contribution in [0.1, 0.15) is 13.8 Å². The third kappa shape index (κ3) is 6.25. The fourth-order valence-electron chi connectivity index (χ4n) is 8.70.